The van der Waals surface area contributed by atoms with Crippen LogP contribution in [0.3, 0.4) is 0 Å². The molecule has 1 aromatic heterocycles. The van der Waals surface area contributed by atoms with Gasteiger partial charge in [-0.25, -0.2) is 9.97 Å². The fourth-order valence-corrected chi connectivity index (χ4v) is 3.44. The Morgan fingerprint density at radius 2 is 2.37 bits per heavy atom. The van der Waals surface area contributed by atoms with Crippen molar-refractivity contribution in [2.75, 3.05) is 13.7 Å². The summed E-state index contributed by atoms with van der Waals surface area (Å²) in [6.07, 6.45) is 7.58. The van der Waals surface area contributed by atoms with Gasteiger partial charge in [0, 0.05) is 44.1 Å². The summed E-state index contributed by atoms with van der Waals surface area (Å²) >= 11 is 0. The zero-order chi connectivity index (χ0) is 13.3. The van der Waals surface area contributed by atoms with Crippen LogP contribution < -0.4 is 5.32 Å². The summed E-state index contributed by atoms with van der Waals surface area (Å²) in [6.45, 7) is 4.21. The quantitative estimate of drug-likeness (QED) is 0.886. The molecule has 2 unspecified atom stereocenters. The Hall–Kier alpha value is -1.00. The minimum atomic E-state index is -0.252. The van der Waals surface area contributed by atoms with Crippen LogP contribution in [0.1, 0.15) is 49.7 Å². The predicted octanol–water partition coefficient (Wildman–Crippen LogP) is 2.17. The van der Waals surface area contributed by atoms with Crippen LogP contribution in [0.25, 0.3) is 0 Å². The van der Waals surface area contributed by atoms with Crippen molar-refractivity contribution < 1.29 is 4.74 Å². The standard InChI is InChI=1S/C15H23N3O/c1-11-4-3-6-15(8-11,19-2)14-17-10-12-9-16-7-5-13(12)18-14/h10-11,16H,3-9H2,1-2H3. The Morgan fingerprint density at radius 3 is 3.16 bits per heavy atom. The first-order valence-corrected chi connectivity index (χ1v) is 7.35. The van der Waals surface area contributed by atoms with Gasteiger partial charge in [-0.2, -0.15) is 0 Å². The molecule has 1 aromatic rings. The average molecular weight is 261 g/mol. The van der Waals surface area contributed by atoms with E-state index in [1.165, 1.54) is 24.1 Å². The molecule has 0 spiro atoms. The number of rotatable bonds is 2. The summed E-state index contributed by atoms with van der Waals surface area (Å²) < 4.78 is 5.89. The van der Waals surface area contributed by atoms with Crippen molar-refractivity contribution in [3.8, 4) is 0 Å². The van der Waals surface area contributed by atoms with Crippen molar-refractivity contribution in [3.63, 3.8) is 0 Å². The highest BCUT2D eigenvalue weighted by molar-refractivity contribution is 5.22. The highest BCUT2D eigenvalue weighted by Gasteiger charge is 2.39. The fraction of sp³-hybridized carbons (Fsp3) is 0.733. The van der Waals surface area contributed by atoms with Gasteiger partial charge in [-0.15, -0.1) is 0 Å². The first-order chi connectivity index (χ1) is 9.23. The van der Waals surface area contributed by atoms with Crippen LogP contribution in [0.5, 0.6) is 0 Å². The van der Waals surface area contributed by atoms with Crippen molar-refractivity contribution in [3.05, 3.63) is 23.3 Å². The second-order valence-electron chi connectivity index (χ2n) is 5.99. The first kappa shape index (κ1) is 13.0. The van der Waals surface area contributed by atoms with E-state index in [1.54, 1.807) is 0 Å². The van der Waals surface area contributed by atoms with E-state index in [1.807, 2.05) is 13.3 Å². The summed E-state index contributed by atoms with van der Waals surface area (Å²) in [5, 5.41) is 3.36. The van der Waals surface area contributed by atoms with E-state index in [0.717, 1.165) is 38.2 Å². The lowest BCUT2D eigenvalue weighted by atomic mass is 9.78. The van der Waals surface area contributed by atoms with E-state index in [-0.39, 0.29) is 5.60 Å². The Labute approximate surface area is 115 Å². The van der Waals surface area contributed by atoms with Crippen molar-refractivity contribution >= 4 is 0 Å². The van der Waals surface area contributed by atoms with Crippen molar-refractivity contribution in [2.45, 2.75) is 51.2 Å². The van der Waals surface area contributed by atoms with Gasteiger partial charge in [-0.3, -0.25) is 0 Å². The van der Waals surface area contributed by atoms with E-state index in [9.17, 15) is 0 Å². The van der Waals surface area contributed by atoms with Crippen molar-refractivity contribution in [1.82, 2.24) is 15.3 Å². The molecule has 3 rings (SSSR count). The van der Waals surface area contributed by atoms with Crippen LogP contribution in [0.4, 0.5) is 0 Å². The zero-order valence-electron chi connectivity index (χ0n) is 11.9. The summed E-state index contributed by atoms with van der Waals surface area (Å²) in [5.74, 6) is 1.59. The number of hydrogen-bond donors (Lipinski definition) is 1. The van der Waals surface area contributed by atoms with Crippen molar-refractivity contribution in [1.29, 1.82) is 0 Å². The molecule has 1 fully saturated rings. The molecule has 4 nitrogen and oxygen atoms in total. The van der Waals surface area contributed by atoms with Crippen LogP contribution in [-0.4, -0.2) is 23.6 Å². The third kappa shape index (κ3) is 2.39. The maximum atomic E-state index is 5.89. The van der Waals surface area contributed by atoms with Crippen LogP contribution in [0.15, 0.2) is 6.20 Å². The van der Waals surface area contributed by atoms with Gasteiger partial charge in [0.15, 0.2) is 5.82 Å². The molecule has 2 atom stereocenters. The van der Waals surface area contributed by atoms with Crippen LogP contribution in [0, 0.1) is 5.92 Å². The number of nitrogens with one attached hydrogen (secondary N) is 1. The third-order valence-electron chi connectivity index (χ3n) is 4.56. The zero-order valence-corrected chi connectivity index (χ0v) is 11.9. The SMILES string of the molecule is COC1(c2ncc3c(n2)CCNC3)CCCC(C)C1. The molecular formula is C15H23N3O. The molecule has 0 radical (unpaired) electrons. The van der Waals surface area contributed by atoms with E-state index in [4.69, 9.17) is 9.72 Å². The number of ether oxygens (including phenoxy) is 1. The molecule has 0 bridgehead atoms. The molecule has 0 saturated heterocycles. The van der Waals surface area contributed by atoms with Gasteiger partial charge in [0.25, 0.3) is 0 Å². The molecular weight excluding hydrogens is 238 g/mol. The average Bonchev–Trinajstić information content (AvgIpc) is 2.46. The maximum absolute atomic E-state index is 5.89. The molecule has 0 amide bonds. The van der Waals surface area contributed by atoms with Crippen LogP contribution in [-0.2, 0) is 23.3 Å². The fourth-order valence-electron chi connectivity index (χ4n) is 3.44. The lowest BCUT2D eigenvalue weighted by Crippen LogP contribution is -2.37. The molecule has 2 aliphatic rings. The van der Waals surface area contributed by atoms with E-state index >= 15 is 0 Å². The molecule has 1 aliphatic heterocycles. The second kappa shape index (κ2) is 5.17. The summed E-state index contributed by atoms with van der Waals surface area (Å²) in [6, 6.07) is 0. The number of hydrogen-bond acceptors (Lipinski definition) is 4. The van der Waals surface area contributed by atoms with Gasteiger partial charge < -0.3 is 10.1 Å². The Balaban J connectivity index is 1.94. The van der Waals surface area contributed by atoms with E-state index in [0.29, 0.717) is 5.92 Å². The van der Waals surface area contributed by atoms with E-state index in [2.05, 4.69) is 17.2 Å². The summed E-state index contributed by atoms with van der Waals surface area (Å²) in [5.41, 5.74) is 2.20. The minimum Gasteiger partial charge on any atom is -0.370 e. The number of aromatic nitrogens is 2. The van der Waals surface area contributed by atoms with Crippen LogP contribution in [0.2, 0.25) is 0 Å². The minimum absolute atomic E-state index is 0.252. The van der Waals surface area contributed by atoms with Gasteiger partial charge in [-0.1, -0.05) is 13.3 Å². The molecule has 0 aromatic carbocycles. The molecule has 1 aliphatic carbocycles. The normalized spacial score (nSPS) is 30.9. The predicted molar refractivity (Wildman–Crippen MR) is 73.8 cm³/mol. The van der Waals surface area contributed by atoms with Gasteiger partial charge >= 0.3 is 0 Å². The highest BCUT2D eigenvalue weighted by atomic mass is 16.5. The van der Waals surface area contributed by atoms with Crippen molar-refractivity contribution in [2.24, 2.45) is 5.92 Å². The second-order valence-corrected chi connectivity index (χ2v) is 5.99. The molecule has 19 heavy (non-hydrogen) atoms. The smallest absolute Gasteiger partial charge is 0.160 e. The lowest BCUT2D eigenvalue weighted by Gasteiger charge is -2.38. The number of fused-ring (bicyclic) bond motifs is 1. The van der Waals surface area contributed by atoms with Crippen LogP contribution >= 0.6 is 0 Å². The largest absolute Gasteiger partial charge is 0.370 e. The Bertz CT molecular complexity index is 463. The van der Waals surface area contributed by atoms with E-state index < -0.39 is 0 Å². The molecule has 2 heterocycles. The van der Waals surface area contributed by atoms with Gasteiger partial charge in [0.05, 0.1) is 0 Å². The van der Waals surface area contributed by atoms with Gasteiger partial charge in [-0.05, 0) is 25.2 Å². The number of methoxy groups -OCH3 is 1. The third-order valence-corrected chi connectivity index (χ3v) is 4.56. The highest BCUT2D eigenvalue weighted by Crippen LogP contribution is 2.41. The van der Waals surface area contributed by atoms with Gasteiger partial charge in [0.2, 0.25) is 0 Å². The summed E-state index contributed by atoms with van der Waals surface area (Å²) in [7, 11) is 1.81. The molecule has 4 heteroatoms. The lowest BCUT2D eigenvalue weighted by molar-refractivity contribution is -0.0648. The number of nitrogens with zero attached hydrogens (tertiary/aromatic N) is 2. The molecule has 104 valence electrons. The monoisotopic (exact) mass is 261 g/mol. The topological polar surface area (TPSA) is 47.0 Å². The molecule has 1 N–H and O–H groups in total. The Kier molecular flexibility index (Phi) is 3.54. The summed E-state index contributed by atoms with van der Waals surface area (Å²) in [4.78, 5) is 9.46. The Morgan fingerprint density at radius 1 is 1.47 bits per heavy atom. The maximum Gasteiger partial charge on any atom is 0.160 e. The van der Waals surface area contributed by atoms with Gasteiger partial charge in [0.1, 0.15) is 5.60 Å². The first-order valence-electron chi connectivity index (χ1n) is 7.35. The molecule has 1 saturated carbocycles.